The number of H-pyrrole nitrogens is 1. The quantitative estimate of drug-likeness (QED) is 0.787. The molecule has 2 amide bonds. The predicted molar refractivity (Wildman–Crippen MR) is 113 cm³/mol. The van der Waals surface area contributed by atoms with E-state index in [4.69, 9.17) is 4.74 Å². The number of methoxy groups -OCH3 is 1. The molecule has 1 aliphatic heterocycles. The first-order valence-corrected chi connectivity index (χ1v) is 10.7. The second kappa shape index (κ2) is 8.09. The molecule has 1 aromatic heterocycles. The van der Waals surface area contributed by atoms with Crippen LogP contribution in [-0.2, 0) is 5.41 Å². The molecule has 0 bridgehead atoms. The zero-order valence-electron chi connectivity index (χ0n) is 17.8. The van der Waals surface area contributed by atoms with Gasteiger partial charge < -0.3 is 15.0 Å². The van der Waals surface area contributed by atoms with Crippen molar-refractivity contribution >= 4 is 6.03 Å². The lowest BCUT2D eigenvalue weighted by molar-refractivity contribution is 0.189. The summed E-state index contributed by atoms with van der Waals surface area (Å²) in [5.41, 5.74) is 4.52. The molecule has 2 aromatic rings. The Balaban J connectivity index is 1.50. The Morgan fingerprint density at radius 3 is 2.79 bits per heavy atom. The third-order valence-electron chi connectivity index (χ3n) is 6.85. The zero-order valence-corrected chi connectivity index (χ0v) is 17.8. The van der Waals surface area contributed by atoms with Gasteiger partial charge in [0.05, 0.1) is 18.8 Å². The molecule has 1 saturated carbocycles. The van der Waals surface area contributed by atoms with Gasteiger partial charge in [-0.05, 0) is 57.2 Å². The molecule has 0 radical (unpaired) electrons. The van der Waals surface area contributed by atoms with Crippen molar-refractivity contribution in [1.82, 2.24) is 20.4 Å². The molecule has 1 aliphatic carbocycles. The summed E-state index contributed by atoms with van der Waals surface area (Å²) in [6.45, 7) is 5.53. The molecule has 2 aliphatic rings. The summed E-state index contributed by atoms with van der Waals surface area (Å²) in [6, 6.07) is 8.50. The molecule has 2 heterocycles. The van der Waals surface area contributed by atoms with E-state index in [0.717, 1.165) is 49.4 Å². The van der Waals surface area contributed by atoms with Gasteiger partial charge in [-0.1, -0.05) is 25.0 Å². The van der Waals surface area contributed by atoms with E-state index in [1.165, 1.54) is 24.0 Å². The maximum Gasteiger partial charge on any atom is 0.317 e. The van der Waals surface area contributed by atoms with Crippen LogP contribution >= 0.6 is 0 Å². The Hall–Kier alpha value is -2.50. The lowest BCUT2D eigenvalue weighted by Gasteiger charge is -2.32. The number of aromatic amines is 1. The fraction of sp³-hybridized carbons (Fsp3) is 0.565. The number of nitrogens with one attached hydrogen (secondary N) is 2. The van der Waals surface area contributed by atoms with E-state index in [9.17, 15) is 4.79 Å². The molecule has 0 spiro atoms. The first kappa shape index (κ1) is 19.8. The van der Waals surface area contributed by atoms with E-state index < -0.39 is 0 Å². The molecule has 29 heavy (non-hydrogen) atoms. The first-order chi connectivity index (χ1) is 14.0. The zero-order chi connectivity index (χ0) is 20.4. The minimum absolute atomic E-state index is 0.000887. The number of nitrogens with zero attached hydrogens (tertiary/aromatic N) is 2. The van der Waals surface area contributed by atoms with Gasteiger partial charge in [-0.25, -0.2) is 4.79 Å². The van der Waals surface area contributed by atoms with Gasteiger partial charge in [0.2, 0.25) is 0 Å². The standard InChI is InChI=1S/C23H32N4O2/c1-16-21(17(2)26-25-16)20-10-7-13-27(20)22(28)24-15-23(11-4-5-12-23)18-8-6-9-19(14-18)29-3/h6,8-9,14,20H,4-5,7,10-13,15H2,1-3H3,(H,24,28)(H,25,26). The molecule has 1 aromatic carbocycles. The van der Waals surface area contributed by atoms with Crippen molar-refractivity contribution in [1.29, 1.82) is 0 Å². The average Bonchev–Trinajstić information content (AvgIpc) is 3.47. The maximum absolute atomic E-state index is 13.2. The number of aromatic nitrogens is 2. The number of carbonyl (C=O) groups is 1. The van der Waals surface area contributed by atoms with Crippen LogP contribution in [0.2, 0.25) is 0 Å². The topological polar surface area (TPSA) is 70.2 Å². The predicted octanol–water partition coefficient (Wildman–Crippen LogP) is 4.39. The van der Waals surface area contributed by atoms with Gasteiger partial charge >= 0.3 is 6.03 Å². The van der Waals surface area contributed by atoms with Crippen molar-refractivity contribution in [3.63, 3.8) is 0 Å². The normalized spacial score (nSPS) is 20.8. The summed E-state index contributed by atoms with van der Waals surface area (Å²) < 4.78 is 5.44. The number of hydrogen-bond donors (Lipinski definition) is 2. The Morgan fingerprint density at radius 2 is 2.10 bits per heavy atom. The largest absolute Gasteiger partial charge is 0.497 e. The van der Waals surface area contributed by atoms with Gasteiger partial charge in [0, 0.05) is 29.8 Å². The van der Waals surface area contributed by atoms with E-state index in [-0.39, 0.29) is 17.5 Å². The maximum atomic E-state index is 13.2. The fourth-order valence-electron chi connectivity index (χ4n) is 5.28. The van der Waals surface area contributed by atoms with Crippen molar-refractivity contribution in [3.8, 4) is 5.75 Å². The second-order valence-corrected chi connectivity index (χ2v) is 8.58. The van der Waals surface area contributed by atoms with Crippen molar-refractivity contribution in [2.75, 3.05) is 20.2 Å². The number of aryl methyl sites for hydroxylation is 2. The fourth-order valence-corrected chi connectivity index (χ4v) is 5.28. The SMILES string of the molecule is COc1cccc(C2(CNC(=O)N3CCCC3c3c(C)n[nH]c3C)CCCC2)c1. The van der Waals surface area contributed by atoms with Gasteiger partial charge in [-0.3, -0.25) is 5.10 Å². The van der Waals surface area contributed by atoms with Gasteiger partial charge in [-0.15, -0.1) is 0 Å². The van der Waals surface area contributed by atoms with E-state index >= 15 is 0 Å². The summed E-state index contributed by atoms with van der Waals surface area (Å²) in [4.78, 5) is 15.2. The molecular weight excluding hydrogens is 364 g/mol. The first-order valence-electron chi connectivity index (χ1n) is 10.7. The highest BCUT2D eigenvalue weighted by Gasteiger charge is 2.38. The van der Waals surface area contributed by atoms with Gasteiger partial charge in [0.25, 0.3) is 0 Å². The summed E-state index contributed by atoms with van der Waals surface area (Å²) in [6.07, 6.45) is 6.63. The number of carbonyl (C=O) groups excluding carboxylic acids is 1. The molecular formula is C23H32N4O2. The van der Waals surface area contributed by atoms with E-state index in [2.05, 4.69) is 33.7 Å². The molecule has 1 atom stereocenters. The highest BCUT2D eigenvalue weighted by molar-refractivity contribution is 5.75. The van der Waals surface area contributed by atoms with E-state index in [1.807, 2.05) is 24.8 Å². The molecule has 1 unspecified atom stereocenters. The number of amides is 2. The molecule has 1 saturated heterocycles. The van der Waals surface area contributed by atoms with Crippen LogP contribution in [-0.4, -0.2) is 41.3 Å². The molecule has 6 heteroatoms. The number of ether oxygens (including phenoxy) is 1. The van der Waals surface area contributed by atoms with Gasteiger partial charge in [0.15, 0.2) is 0 Å². The summed E-state index contributed by atoms with van der Waals surface area (Å²) in [5, 5.41) is 10.7. The van der Waals surface area contributed by atoms with Crippen LogP contribution in [0.15, 0.2) is 24.3 Å². The van der Waals surface area contributed by atoms with Gasteiger partial charge in [0.1, 0.15) is 5.75 Å². The molecule has 6 nitrogen and oxygen atoms in total. The monoisotopic (exact) mass is 396 g/mol. The van der Waals surface area contributed by atoms with Crippen LogP contribution < -0.4 is 10.1 Å². The average molecular weight is 397 g/mol. The lowest BCUT2D eigenvalue weighted by atomic mass is 9.78. The lowest BCUT2D eigenvalue weighted by Crippen LogP contribution is -2.45. The van der Waals surface area contributed by atoms with Crippen LogP contribution in [0.5, 0.6) is 5.75 Å². The Kier molecular flexibility index (Phi) is 5.52. The van der Waals surface area contributed by atoms with Crippen molar-refractivity contribution < 1.29 is 9.53 Å². The number of likely N-dealkylation sites (tertiary alicyclic amines) is 1. The second-order valence-electron chi connectivity index (χ2n) is 8.58. The summed E-state index contributed by atoms with van der Waals surface area (Å²) >= 11 is 0. The minimum atomic E-state index is 0.000887. The number of urea groups is 1. The molecule has 2 fully saturated rings. The highest BCUT2D eigenvalue weighted by Crippen LogP contribution is 2.42. The number of rotatable bonds is 5. The Bertz CT molecular complexity index is 850. The van der Waals surface area contributed by atoms with Crippen LogP contribution in [0.3, 0.4) is 0 Å². The summed E-state index contributed by atoms with van der Waals surface area (Å²) in [7, 11) is 1.70. The third kappa shape index (κ3) is 3.72. The third-order valence-corrected chi connectivity index (χ3v) is 6.85. The molecule has 4 rings (SSSR count). The number of benzene rings is 1. The van der Waals surface area contributed by atoms with Crippen molar-refractivity contribution in [2.45, 2.75) is 63.8 Å². The van der Waals surface area contributed by atoms with Gasteiger partial charge in [-0.2, -0.15) is 5.10 Å². The van der Waals surface area contributed by atoms with Crippen molar-refractivity contribution in [3.05, 3.63) is 46.8 Å². The highest BCUT2D eigenvalue weighted by atomic mass is 16.5. The Morgan fingerprint density at radius 1 is 1.31 bits per heavy atom. The van der Waals surface area contributed by atoms with Crippen molar-refractivity contribution in [2.24, 2.45) is 0 Å². The Labute approximate surface area is 173 Å². The van der Waals surface area contributed by atoms with E-state index in [0.29, 0.717) is 6.54 Å². The van der Waals surface area contributed by atoms with Crippen LogP contribution in [0, 0.1) is 13.8 Å². The minimum Gasteiger partial charge on any atom is -0.497 e. The van der Waals surface area contributed by atoms with Crippen LogP contribution in [0.4, 0.5) is 4.79 Å². The smallest absolute Gasteiger partial charge is 0.317 e. The molecule has 156 valence electrons. The number of hydrogen-bond acceptors (Lipinski definition) is 3. The van der Waals surface area contributed by atoms with Crippen LogP contribution in [0.1, 0.15) is 67.1 Å². The summed E-state index contributed by atoms with van der Waals surface area (Å²) in [5.74, 6) is 0.880. The molecule has 2 N–H and O–H groups in total. The van der Waals surface area contributed by atoms with E-state index in [1.54, 1.807) is 7.11 Å². The van der Waals surface area contributed by atoms with Crippen LogP contribution in [0.25, 0.3) is 0 Å².